The zero-order chi connectivity index (χ0) is 15.9. The summed E-state index contributed by atoms with van der Waals surface area (Å²) in [6.45, 7) is 3.41. The number of amides is 1. The maximum absolute atomic E-state index is 11.6. The van der Waals surface area contributed by atoms with Crippen LogP contribution in [-0.4, -0.2) is 37.2 Å². The first-order valence-corrected chi connectivity index (χ1v) is 6.62. The van der Waals surface area contributed by atoms with Crippen LogP contribution in [0.25, 0.3) is 0 Å². The number of methoxy groups -OCH3 is 1. The Morgan fingerprint density at radius 2 is 1.95 bits per heavy atom. The Kier molecular flexibility index (Phi) is 6.02. The molecule has 1 aromatic rings. The summed E-state index contributed by atoms with van der Waals surface area (Å²) in [5, 5.41) is 11.6. The molecule has 1 rings (SSSR count). The first-order chi connectivity index (χ1) is 9.85. The molecule has 0 unspecified atom stereocenters. The van der Waals surface area contributed by atoms with Gasteiger partial charge in [-0.15, -0.1) is 0 Å². The number of nitrogens with one attached hydrogen (secondary N) is 1. The van der Waals surface area contributed by atoms with E-state index in [-0.39, 0.29) is 12.5 Å². The van der Waals surface area contributed by atoms with Crippen molar-refractivity contribution in [2.45, 2.75) is 20.3 Å². The third-order valence-corrected chi connectivity index (χ3v) is 3.06. The molecule has 1 aromatic carbocycles. The lowest BCUT2D eigenvalue weighted by atomic mass is 9.90. The molecule has 2 N–H and O–H groups in total. The predicted octanol–water partition coefficient (Wildman–Crippen LogP) is 1.69. The van der Waals surface area contributed by atoms with Crippen LogP contribution in [0.15, 0.2) is 24.3 Å². The van der Waals surface area contributed by atoms with Crippen molar-refractivity contribution in [3.63, 3.8) is 0 Å². The Morgan fingerprint density at radius 1 is 1.29 bits per heavy atom. The van der Waals surface area contributed by atoms with Gasteiger partial charge in [-0.2, -0.15) is 0 Å². The molecule has 0 aliphatic rings. The average Bonchev–Trinajstić information content (AvgIpc) is 2.45. The summed E-state index contributed by atoms with van der Waals surface area (Å²) in [5.74, 6) is 0.00914. The van der Waals surface area contributed by atoms with Gasteiger partial charge in [0.1, 0.15) is 11.5 Å². The van der Waals surface area contributed by atoms with Crippen LogP contribution in [0.3, 0.4) is 0 Å². The molecule has 116 valence electrons. The first kappa shape index (κ1) is 16.8. The minimum absolute atomic E-state index is 0.124. The standard InChI is InChI=1S/C15H21NO5/c1-15(2,14(18)19)7-8-16-13(17)10-21-12-6-4-5-11(9-12)20-3/h4-6,9H,7-8,10H2,1-3H3,(H,16,17)(H,18,19). The van der Waals surface area contributed by atoms with Crippen molar-refractivity contribution in [3.05, 3.63) is 24.3 Å². The van der Waals surface area contributed by atoms with Crippen LogP contribution in [0.5, 0.6) is 11.5 Å². The summed E-state index contributed by atoms with van der Waals surface area (Å²) < 4.78 is 10.4. The maximum atomic E-state index is 11.6. The summed E-state index contributed by atoms with van der Waals surface area (Å²) in [6.07, 6.45) is 0.354. The van der Waals surface area contributed by atoms with Crippen LogP contribution in [-0.2, 0) is 9.59 Å². The maximum Gasteiger partial charge on any atom is 0.309 e. The van der Waals surface area contributed by atoms with Crippen LogP contribution in [0.4, 0.5) is 0 Å². The van der Waals surface area contributed by atoms with E-state index in [2.05, 4.69) is 5.32 Å². The number of carbonyl (C=O) groups is 2. The molecule has 0 radical (unpaired) electrons. The molecule has 0 bridgehead atoms. The van der Waals surface area contributed by atoms with E-state index in [0.29, 0.717) is 24.5 Å². The molecule has 0 saturated carbocycles. The molecule has 1 amide bonds. The van der Waals surface area contributed by atoms with Crippen LogP contribution in [0, 0.1) is 5.41 Å². The smallest absolute Gasteiger partial charge is 0.309 e. The number of carbonyl (C=O) groups excluding carboxylic acids is 1. The number of hydrogen-bond acceptors (Lipinski definition) is 4. The summed E-state index contributed by atoms with van der Waals surface area (Å²) in [7, 11) is 1.55. The highest BCUT2D eigenvalue weighted by Gasteiger charge is 2.26. The average molecular weight is 295 g/mol. The lowest BCUT2D eigenvalue weighted by molar-refractivity contribution is -0.147. The number of rotatable bonds is 8. The van der Waals surface area contributed by atoms with Gasteiger partial charge in [0, 0.05) is 12.6 Å². The lowest BCUT2D eigenvalue weighted by Crippen LogP contribution is -2.34. The number of carboxylic acids is 1. The lowest BCUT2D eigenvalue weighted by Gasteiger charge is -2.18. The molecule has 0 heterocycles. The molecular formula is C15H21NO5. The number of benzene rings is 1. The van der Waals surface area contributed by atoms with Gasteiger partial charge >= 0.3 is 5.97 Å². The van der Waals surface area contributed by atoms with Gasteiger partial charge in [0.15, 0.2) is 6.61 Å². The molecule has 21 heavy (non-hydrogen) atoms. The second kappa shape index (κ2) is 7.52. The van der Waals surface area contributed by atoms with Crippen LogP contribution in [0.1, 0.15) is 20.3 Å². The fraction of sp³-hybridized carbons (Fsp3) is 0.467. The van der Waals surface area contributed by atoms with Crippen LogP contribution >= 0.6 is 0 Å². The SMILES string of the molecule is COc1cccc(OCC(=O)NCCC(C)(C)C(=O)O)c1. The Hall–Kier alpha value is -2.24. The van der Waals surface area contributed by atoms with Gasteiger partial charge in [-0.1, -0.05) is 6.07 Å². The van der Waals surface area contributed by atoms with E-state index in [1.807, 2.05) is 0 Å². The Labute approximate surface area is 124 Å². The Morgan fingerprint density at radius 3 is 2.57 bits per heavy atom. The minimum atomic E-state index is -0.885. The number of carboxylic acid groups (broad SMARTS) is 1. The van der Waals surface area contributed by atoms with E-state index >= 15 is 0 Å². The highest BCUT2D eigenvalue weighted by Crippen LogP contribution is 2.20. The summed E-state index contributed by atoms with van der Waals surface area (Å²) in [6, 6.07) is 6.95. The fourth-order valence-electron chi connectivity index (χ4n) is 1.51. The van der Waals surface area contributed by atoms with Crippen molar-refractivity contribution in [1.29, 1.82) is 0 Å². The molecule has 0 saturated heterocycles. The topological polar surface area (TPSA) is 84.9 Å². The van der Waals surface area contributed by atoms with E-state index in [0.717, 1.165) is 0 Å². The molecule has 0 aromatic heterocycles. The minimum Gasteiger partial charge on any atom is -0.497 e. The van der Waals surface area contributed by atoms with Gasteiger partial charge in [-0.25, -0.2) is 0 Å². The van der Waals surface area contributed by atoms with Crippen molar-refractivity contribution in [2.24, 2.45) is 5.41 Å². The summed E-state index contributed by atoms with van der Waals surface area (Å²) in [4.78, 5) is 22.5. The van der Waals surface area contributed by atoms with Crippen molar-refractivity contribution in [3.8, 4) is 11.5 Å². The normalized spacial score (nSPS) is 10.8. The van der Waals surface area contributed by atoms with E-state index < -0.39 is 11.4 Å². The molecule has 0 aliphatic heterocycles. The largest absolute Gasteiger partial charge is 0.497 e. The van der Waals surface area contributed by atoms with Crippen LogP contribution < -0.4 is 14.8 Å². The Bertz CT molecular complexity index is 499. The monoisotopic (exact) mass is 295 g/mol. The zero-order valence-electron chi connectivity index (χ0n) is 12.5. The van der Waals surface area contributed by atoms with Gasteiger partial charge < -0.3 is 19.9 Å². The molecule has 0 fully saturated rings. The fourth-order valence-corrected chi connectivity index (χ4v) is 1.51. The van der Waals surface area contributed by atoms with E-state index in [9.17, 15) is 9.59 Å². The Balaban J connectivity index is 2.33. The van der Waals surface area contributed by atoms with Gasteiger partial charge in [0.2, 0.25) is 0 Å². The van der Waals surface area contributed by atoms with Crippen molar-refractivity contribution in [2.75, 3.05) is 20.3 Å². The van der Waals surface area contributed by atoms with Gasteiger partial charge in [0.05, 0.1) is 12.5 Å². The zero-order valence-corrected chi connectivity index (χ0v) is 12.5. The van der Waals surface area contributed by atoms with Crippen molar-refractivity contribution >= 4 is 11.9 Å². The number of aliphatic carboxylic acids is 1. The molecule has 0 spiro atoms. The third kappa shape index (κ3) is 5.72. The van der Waals surface area contributed by atoms with E-state index in [1.54, 1.807) is 45.2 Å². The van der Waals surface area contributed by atoms with Gasteiger partial charge in [-0.05, 0) is 32.4 Å². The quantitative estimate of drug-likeness (QED) is 0.762. The number of ether oxygens (including phenoxy) is 2. The number of hydrogen-bond donors (Lipinski definition) is 2. The summed E-state index contributed by atoms with van der Waals surface area (Å²) in [5.41, 5.74) is -0.860. The van der Waals surface area contributed by atoms with Gasteiger partial charge in [-0.3, -0.25) is 9.59 Å². The second-order valence-corrected chi connectivity index (χ2v) is 5.26. The first-order valence-electron chi connectivity index (χ1n) is 6.62. The third-order valence-electron chi connectivity index (χ3n) is 3.06. The molecule has 0 atom stereocenters. The molecular weight excluding hydrogens is 274 g/mol. The van der Waals surface area contributed by atoms with Crippen molar-refractivity contribution in [1.82, 2.24) is 5.32 Å². The van der Waals surface area contributed by atoms with E-state index in [1.165, 1.54) is 0 Å². The highest BCUT2D eigenvalue weighted by atomic mass is 16.5. The van der Waals surface area contributed by atoms with Crippen molar-refractivity contribution < 1.29 is 24.2 Å². The molecule has 6 nitrogen and oxygen atoms in total. The molecule has 0 aliphatic carbocycles. The van der Waals surface area contributed by atoms with Gasteiger partial charge in [0.25, 0.3) is 5.91 Å². The molecule has 6 heteroatoms. The highest BCUT2D eigenvalue weighted by molar-refractivity contribution is 5.77. The van der Waals surface area contributed by atoms with Crippen LogP contribution in [0.2, 0.25) is 0 Å². The predicted molar refractivity (Wildman–Crippen MR) is 77.5 cm³/mol. The van der Waals surface area contributed by atoms with E-state index in [4.69, 9.17) is 14.6 Å². The second-order valence-electron chi connectivity index (χ2n) is 5.26. The summed E-state index contributed by atoms with van der Waals surface area (Å²) >= 11 is 0.